The van der Waals surface area contributed by atoms with Crippen molar-refractivity contribution in [2.45, 2.75) is 45.3 Å². The van der Waals surface area contributed by atoms with Crippen LogP contribution < -0.4 is 5.32 Å². The zero-order valence-corrected chi connectivity index (χ0v) is 9.37. The maximum Gasteiger partial charge on any atom is 0.319 e. The highest BCUT2D eigenvalue weighted by atomic mass is 19.3. The van der Waals surface area contributed by atoms with Gasteiger partial charge in [0.15, 0.2) is 0 Å². The first-order valence-corrected chi connectivity index (χ1v) is 5.75. The Morgan fingerprint density at radius 3 is 2.88 bits per heavy atom. The molecule has 0 saturated heterocycles. The molecule has 0 bridgehead atoms. The molecule has 90 valence electrons. The van der Waals surface area contributed by atoms with E-state index in [0.29, 0.717) is 18.4 Å². The molecule has 0 radical (unpaired) electrons. The second kappa shape index (κ2) is 4.91. The van der Waals surface area contributed by atoms with Crippen LogP contribution >= 0.6 is 0 Å². The molecule has 0 amide bonds. The minimum Gasteiger partial charge on any atom is -0.307 e. The number of hydrogen-bond acceptors (Lipinski definition) is 2. The van der Waals surface area contributed by atoms with Gasteiger partial charge in [-0.05, 0) is 25.2 Å². The predicted octanol–water partition coefficient (Wildman–Crippen LogP) is 2.56. The van der Waals surface area contributed by atoms with E-state index in [9.17, 15) is 8.78 Å². The lowest BCUT2D eigenvalue weighted by molar-refractivity contribution is 0.0664. The third-order valence-electron chi connectivity index (χ3n) is 3.11. The van der Waals surface area contributed by atoms with Gasteiger partial charge in [0, 0.05) is 18.4 Å². The fourth-order valence-electron chi connectivity index (χ4n) is 2.02. The molecular weight excluding hydrogens is 212 g/mol. The van der Waals surface area contributed by atoms with Gasteiger partial charge in [-0.15, -0.1) is 0 Å². The molecule has 1 N–H and O–H groups in total. The topological polar surface area (TPSA) is 29.9 Å². The van der Waals surface area contributed by atoms with Gasteiger partial charge in [0.2, 0.25) is 0 Å². The standard InChI is InChI=1S/C11H17F2N3/c1-2-9(8-3-4-8)15-7-10-14-5-6-16(10)11(12)13/h5-6,8-9,11,15H,2-4,7H2,1H3. The quantitative estimate of drug-likeness (QED) is 0.812. The fraction of sp³-hybridized carbons (Fsp3) is 0.727. The minimum atomic E-state index is -2.50. The molecule has 1 aliphatic carbocycles. The maximum atomic E-state index is 12.5. The Morgan fingerprint density at radius 2 is 2.31 bits per heavy atom. The molecule has 2 rings (SSSR count). The van der Waals surface area contributed by atoms with Gasteiger partial charge in [-0.25, -0.2) is 4.98 Å². The lowest BCUT2D eigenvalue weighted by atomic mass is 10.1. The molecule has 1 heterocycles. The molecular formula is C11H17F2N3. The first kappa shape index (κ1) is 11.5. The van der Waals surface area contributed by atoms with Crippen LogP contribution in [0.2, 0.25) is 0 Å². The zero-order valence-electron chi connectivity index (χ0n) is 9.37. The molecule has 1 saturated carbocycles. The molecule has 16 heavy (non-hydrogen) atoms. The lowest BCUT2D eigenvalue weighted by Gasteiger charge is -2.16. The van der Waals surface area contributed by atoms with Crippen LogP contribution in [0.15, 0.2) is 12.4 Å². The van der Waals surface area contributed by atoms with E-state index in [0.717, 1.165) is 16.9 Å². The van der Waals surface area contributed by atoms with E-state index in [2.05, 4.69) is 17.2 Å². The molecule has 1 fully saturated rings. The maximum absolute atomic E-state index is 12.5. The van der Waals surface area contributed by atoms with E-state index in [1.165, 1.54) is 25.2 Å². The van der Waals surface area contributed by atoms with E-state index in [1.807, 2.05) is 0 Å². The summed E-state index contributed by atoms with van der Waals surface area (Å²) in [6.07, 6.45) is 6.30. The first-order chi connectivity index (χ1) is 7.72. The number of imidazole rings is 1. The van der Waals surface area contributed by atoms with Crippen LogP contribution in [-0.2, 0) is 6.54 Å². The largest absolute Gasteiger partial charge is 0.319 e. The van der Waals surface area contributed by atoms with Crippen molar-refractivity contribution in [2.24, 2.45) is 5.92 Å². The van der Waals surface area contributed by atoms with Gasteiger partial charge in [-0.2, -0.15) is 8.78 Å². The third-order valence-corrected chi connectivity index (χ3v) is 3.11. The normalized spacial score (nSPS) is 18.0. The van der Waals surface area contributed by atoms with Gasteiger partial charge < -0.3 is 5.32 Å². The Balaban J connectivity index is 1.90. The summed E-state index contributed by atoms with van der Waals surface area (Å²) >= 11 is 0. The summed E-state index contributed by atoms with van der Waals surface area (Å²) in [6, 6.07) is 0.447. The number of halogens is 2. The second-order valence-corrected chi connectivity index (χ2v) is 4.26. The Kier molecular flexibility index (Phi) is 3.53. The number of alkyl halides is 2. The Hall–Kier alpha value is -0.970. The molecule has 1 aromatic heterocycles. The highest BCUT2D eigenvalue weighted by Gasteiger charge is 2.29. The summed E-state index contributed by atoms with van der Waals surface area (Å²) < 4.78 is 26.0. The van der Waals surface area contributed by atoms with Crippen molar-refractivity contribution in [3.05, 3.63) is 18.2 Å². The van der Waals surface area contributed by atoms with Crippen LogP contribution in [0.3, 0.4) is 0 Å². The Labute approximate surface area is 93.9 Å². The van der Waals surface area contributed by atoms with Gasteiger partial charge in [-0.3, -0.25) is 4.57 Å². The summed E-state index contributed by atoms with van der Waals surface area (Å²) in [5.74, 6) is 1.15. The molecule has 5 heteroatoms. The summed E-state index contributed by atoms with van der Waals surface area (Å²) in [6.45, 7) is 0.0439. The van der Waals surface area contributed by atoms with Gasteiger partial charge >= 0.3 is 6.55 Å². The number of aromatic nitrogens is 2. The average Bonchev–Trinajstić information content (AvgIpc) is 2.97. The molecule has 3 nitrogen and oxygen atoms in total. The predicted molar refractivity (Wildman–Crippen MR) is 57.1 cm³/mol. The fourth-order valence-corrected chi connectivity index (χ4v) is 2.02. The summed E-state index contributed by atoms with van der Waals surface area (Å²) in [5, 5.41) is 3.31. The molecule has 1 aliphatic rings. The van der Waals surface area contributed by atoms with Crippen molar-refractivity contribution in [1.82, 2.24) is 14.9 Å². The van der Waals surface area contributed by atoms with Gasteiger partial charge in [0.25, 0.3) is 0 Å². The molecule has 1 atom stereocenters. The number of nitrogens with zero attached hydrogens (tertiary/aromatic N) is 2. The van der Waals surface area contributed by atoms with Crippen molar-refractivity contribution in [2.75, 3.05) is 0 Å². The first-order valence-electron chi connectivity index (χ1n) is 5.75. The Bertz CT molecular complexity index is 334. The van der Waals surface area contributed by atoms with Crippen LogP contribution in [0.25, 0.3) is 0 Å². The van der Waals surface area contributed by atoms with Crippen LogP contribution in [0, 0.1) is 5.92 Å². The monoisotopic (exact) mass is 229 g/mol. The van der Waals surface area contributed by atoms with E-state index < -0.39 is 6.55 Å². The van der Waals surface area contributed by atoms with E-state index in [4.69, 9.17) is 0 Å². The lowest BCUT2D eigenvalue weighted by Crippen LogP contribution is -2.31. The third kappa shape index (κ3) is 2.58. The van der Waals surface area contributed by atoms with Gasteiger partial charge in [0.05, 0.1) is 6.54 Å². The molecule has 0 aromatic carbocycles. The average molecular weight is 229 g/mol. The van der Waals surface area contributed by atoms with Crippen LogP contribution in [0.1, 0.15) is 38.6 Å². The summed E-state index contributed by atoms with van der Waals surface area (Å²) in [5.41, 5.74) is 0. The number of hydrogen-bond donors (Lipinski definition) is 1. The number of nitrogens with one attached hydrogen (secondary N) is 1. The van der Waals surface area contributed by atoms with Crippen molar-refractivity contribution < 1.29 is 8.78 Å². The van der Waals surface area contributed by atoms with E-state index >= 15 is 0 Å². The van der Waals surface area contributed by atoms with Crippen molar-refractivity contribution in [3.8, 4) is 0 Å². The van der Waals surface area contributed by atoms with Crippen molar-refractivity contribution >= 4 is 0 Å². The highest BCUT2D eigenvalue weighted by molar-refractivity contribution is 4.94. The molecule has 1 unspecified atom stereocenters. The second-order valence-electron chi connectivity index (χ2n) is 4.26. The summed E-state index contributed by atoms with van der Waals surface area (Å²) in [7, 11) is 0. The highest BCUT2D eigenvalue weighted by Crippen LogP contribution is 2.34. The van der Waals surface area contributed by atoms with Crippen LogP contribution in [-0.4, -0.2) is 15.6 Å². The van der Waals surface area contributed by atoms with E-state index in [1.54, 1.807) is 0 Å². The smallest absolute Gasteiger partial charge is 0.307 e. The van der Waals surface area contributed by atoms with Crippen molar-refractivity contribution in [1.29, 1.82) is 0 Å². The molecule has 1 aromatic rings. The molecule has 0 aliphatic heterocycles. The minimum absolute atomic E-state index is 0.411. The molecule has 0 spiro atoms. The summed E-state index contributed by atoms with van der Waals surface area (Å²) in [4.78, 5) is 3.94. The van der Waals surface area contributed by atoms with Gasteiger partial charge in [-0.1, -0.05) is 6.92 Å². The van der Waals surface area contributed by atoms with Crippen molar-refractivity contribution in [3.63, 3.8) is 0 Å². The van der Waals surface area contributed by atoms with Gasteiger partial charge in [0.1, 0.15) is 5.82 Å². The van der Waals surface area contributed by atoms with Crippen LogP contribution in [0.4, 0.5) is 8.78 Å². The Morgan fingerprint density at radius 1 is 1.56 bits per heavy atom. The zero-order chi connectivity index (χ0) is 11.5. The van der Waals surface area contributed by atoms with Crippen LogP contribution in [0.5, 0.6) is 0 Å². The number of rotatable bonds is 6. The van der Waals surface area contributed by atoms with E-state index in [-0.39, 0.29) is 0 Å². The SMILES string of the molecule is CCC(NCc1nccn1C(F)F)C1CC1.